The van der Waals surface area contributed by atoms with Crippen LogP contribution in [0, 0.1) is 0 Å². The first-order chi connectivity index (χ1) is 15.3. The number of carbonyl (C=O) groups excluding carboxylic acids is 4. The zero-order valence-electron chi connectivity index (χ0n) is 20.2. The summed E-state index contributed by atoms with van der Waals surface area (Å²) in [5.74, 6) is -1.88. The molecule has 0 bridgehead atoms. The van der Waals surface area contributed by atoms with Crippen LogP contribution in [0.15, 0.2) is 0 Å². The summed E-state index contributed by atoms with van der Waals surface area (Å²) in [6.45, 7) is 6.84. The van der Waals surface area contributed by atoms with Gasteiger partial charge in [0.1, 0.15) is 12.1 Å². The largest absolute Gasteiger partial charge is 0.466 e. The highest BCUT2D eigenvalue weighted by molar-refractivity contribution is 5.85. The number of nitrogens with two attached hydrogens (primary N) is 1. The molecule has 0 aliphatic carbocycles. The Morgan fingerprint density at radius 3 is 1.78 bits per heavy atom. The first-order valence-corrected chi connectivity index (χ1v) is 11.8. The normalized spacial score (nSPS) is 12.5. The van der Waals surface area contributed by atoms with E-state index in [9.17, 15) is 19.2 Å². The highest BCUT2D eigenvalue weighted by Crippen LogP contribution is 2.13. The predicted molar refractivity (Wildman–Crippen MR) is 121 cm³/mol. The Morgan fingerprint density at radius 2 is 1.25 bits per heavy atom. The summed E-state index contributed by atoms with van der Waals surface area (Å²) in [5.41, 5.74) is 5.82. The van der Waals surface area contributed by atoms with Crippen LogP contribution in [-0.2, 0) is 33.4 Å². The van der Waals surface area contributed by atoms with Gasteiger partial charge in [-0.2, -0.15) is 0 Å². The van der Waals surface area contributed by atoms with Crippen LogP contribution in [0.4, 0.5) is 0 Å². The number of hydrogen-bond acceptors (Lipinski definition) is 8. The molecular formula is C23H42N2O7. The summed E-state index contributed by atoms with van der Waals surface area (Å²) in [6, 6.07) is -1.82. The van der Waals surface area contributed by atoms with Crippen LogP contribution in [0.2, 0.25) is 0 Å². The number of carbonyl (C=O) groups is 4. The fourth-order valence-electron chi connectivity index (χ4n) is 2.71. The average molecular weight is 459 g/mol. The number of rotatable bonds is 18. The van der Waals surface area contributed by atoms with Gasteiger partial charge in [0.2, 0.25) is 5.91 Å². The Balaban J connectivity index is 4.83. The maximum absolute atomic E-state index is 12.7. The molecule has 2 atom stereocenters. The van der Waals surface area contributed by atoms with Crippen molar-refractivity contribution in [3.63, 3.8) is 0 Å². The molecule has 0 aromatic heterocycles. The minimum Gasteiger partial charge on any atom is -0.466 e. The van der Waals surface area contributed by atoms with Crippen LogP contribution < -0.4 is 5.73 Å². The monoisotopic (exact) mass is 458 g/mol. The van der Waals surface area contributed by atoms with Crippen molar-refractivity contribution in [3.8, 4) is 0 Å². The minimum atomic E-state index is -0.911. The third-order valence-electron chi connectivity index (χ3n) is 4.97. The first kappa shape index (κ1) is 29.8. The second kappa shape index (κ2) is 18.4. The van der Waals surface area contributed by atoms with E-state index in [1.54, 1.807) is 0 Å². The van der Waals surface area contributed by atoms with Gasteiger partial charge in [0.15, 0.2) is 0 Å². The van der Waals surface area contributed by atoms with Crippen molar-refractivity contribution in [1.29, 1.82) is 0 Å². The van der Waals surface area contributed by atoms with E-state index in [2.05, 4.69) is 0 Å². The van der Waals surface area contributed by atoms with Crippen molar-refractivity contribution in [2.24, 2.45) is 5.73 Å². The van der Waals surface area contributed by atoms with Crippen LogP contribution >= 0.6 is 0 Å². The molecule has 1 amide bonds. The molecule has 0 aromatic rings. The molecule has 186 valence electrons. The molecule has 0 saturated carbocycles. The van der Waals surface area contributed by atoms with Crippen molar-refractivity contribution in [2.75, 3.05) is 26.9 Å². The zero-order chi connectivity index (χ0) is 24.4. The molecule has 2 N–H and O–H groups in total. The standard InChI is InChI=1S/C23H42N2O7/c1-5-8-15-30-21(27)14-12-19(23(29)32-17-10-7-3)25(4)20(26)13-11-18(24)22(28)31-16-9-6-2/h18-19H,5-17,24H2,1-4H3/t18-,19+/m0/s1. The van der Waals surface area contributed by atoms with Crippen LogP contribution in [-0.4, -0.2) is 67.7 Å². The third kappa shape index (κ3) is 13.3. The van der Waals surface area contributed by atoms with E-state index in [1.807, 2.05) is 20.8 Å². The lowest BCUT2D eigenvalue weighted by Gasteiger charge is -2.27. The van der Waals surface area contributed by atoms with Gasteiger partial charge in [0.05, 0.1) is 19.8 Å². The lowest BCUT2D eigenvalue weighted by molar-refractivity contribution is -0.156. The lowest BCUT2D eigenvalue weighted by atomic mass is 10.1. The number of amides is 1. The number of likely N-dealkylation sites (N-methyl/N-ethyl adjacent to an activating group) is 1. The first-order valence-electron chi connectivity index (χ1n) is 11.8. The Labute approximate surface area is 192 Å². The Morgan fingerprint density at radius 1 is 0.750 bits per heavy atom. The molecule has 0 aliphatic heterocycles. The zero-order valence-corrected chi connectivity index (χ0v) is 20.2. The highest BCUT2D eigenvalue weighted by atomic mass is 16.5. The Hall–Kier alpha value is -2.16. The van der Waals surface area contributed by atoms with E-state index in [-0.39, 0.29) is 38.2 Å². The maximum atomic E-state index is 12.7. The fourth-order valence-corrected chi connectivity index (χ4v) is 2.71. The summed E-state index contributed by atoms with van der Waals surface area (Å²) in [4.78, 5) is 50.3. The predicted octanol–water partition coefficient (Wildman–Crippen LogP) is 2.73. The van der Waals surface area contributed by atoms with Crippen molar-refractivity contribution >= 4 is 23.8 Å². The van der Waals surface area contributed by atoms with Crippen LogP contribution in [0.1, 0.15) is 85.0 Å². The molecule has 0 fully saturated rings. The fraction of sp³-hybridized carbons (Fsp3) is 0.826. The van der Waals surface area contributed by atoms with Gasteiger partial charge in [-0.1, -0.05) is 40.0 Å². The van der Waals surface area contributed by atoms with Gasteiger partial charge in [-0.15, -0.1) is 0 Å². The van der Waals surface area contributed by atoms with E-state index in [4.69, 9.17) is 19.9 Å². The van der Waals surface area contributed by atoms with Gasteiger partial charge in [-0.05, 0) is 32.1 Å². The van der Waals surface area contributed by atoms with E-state index >= 15 is 0 Å². The summed E-state index contributed by atoms with van der Waals surface area (Å²) in [6.07, 6.45) is 5.08. The summed E-state index contributed by atoms with van der Waals surface area (Å²) in [7, 11) is 1.49. The highest BCUT2D eigenvalue weighted by Gasteiger charge is 2.29. The maximum Gasteiger partial charge on any atom is 0.328 e. The van der Waals surface area contributed by atoms with Gasteiger partial charge in [-0.25, -0.2) is 4.79 Å². The number of hydrogen-bond donors (Lipinski definition) is 1. The van der Waals surface area contributed by atoms with Crippen LogP contribution in [0.3, 0.4) is 0 Å². The SMILES string of the molecule is CCCCOC(=O)CC[C@H](C(=O)OCCCC)N(C)C(=O)CC[C@H](N)C(=O)OCCCC. The van der Waals surface area contributed by atoms with Crippen molar-refractivity contribution in [1.82, 2.24) is 4.90 Å². The molecule has 0 aromatic carbocycles. The van der Waals surface area contributed by atoms with E-state index < -0.39 is 30.0 Å². The van der Waals surface area contributed by atoms with Gasteiger partial charge < -0.3 is 24.8 Å². The summed E-state index contributed by atoms with van der Waals surface area (Å²) >= 11 is 0. The van der Waals surface area contributed by atoms with Crippen LogP contribution in [0.25, 0.3) is 0 Å². The van der Waals surface area contributed by atoms with Crippen LogP contribution in [0.5, 0.6) is 0 Å². The second-order valence-corrected chi connectivity index (χ2v) is 7.82. The molecule has 32 heavy (non-hydrogen) atoms. The van der Waals surface area contributed by atoms with Crippen molar-refractivity contribution in [2.45, 2.75) is 97.1 Å². The number of esters is 3. The number of nitrogens with zero attached hydrogens (tertiary/aromatic N) is 1. The smallest absolute Gasteiger partial charge is 0.328 e. The molecule has 0 heterocycles. The molecule has 0 saturated heterocycles. The molecule has 9 heteroatoms. The quantitative estimate of drug-likeness (QED) is 0.189. The average Bonchev–Trinajstić information content (AvgIpc) is 2.77. The molecule has 9 nitrogen and oxygen atoms in total. The topological polar surface area (TPSA) is 125 Å². The molecule has 0 rings (SSSR count). The van der Waals surface area contributed by atoms with Gasteiger partial charge >= 0.3 is 17.9 Å². The van der Waals surface area contributed by atoms with E-state index in [1.165, 1.54) is 11.9 Å². The van der Waals surface area contributed by atoms with Crippen molar-refractivity contribution in [3.05, 3.63) is 0 Å². The third-order valence-corrected chi connectivity index (χ3v) is 4.97. The molecule has 0 unspecified atom stereocenters. The Bertz CT molecular complexity index is 569. The molecule has 0 radical (unpaired) electrons. The Kier molecular flexibility index (Phi) is 17.2. The number of ether oxygens (including phenoxy) is 3. The summed E-state index contributed by atoms with van der Waals surface area (Å²) in [5, 5.41) is 0. The van der Waals surface area contributed by atoms with Crippen molar-refractivity contribution < 1.29 is 33.4 Å². The van der Waals surface area contributed by atoms with E-state index in [0.29, 0.717) is 19.6 Å². The van der Waals surface area contributed by atoms with Gasteiger partial charge in [0.25, 0.3) is 0 Å². The molecule has 0 spiro atoms. The van der Waals surface area contributed by atoms with Gasteiger partial charge in [-0.3, -0.25) is 14.4 Å². The van der Waals surface area contributed by atoms with E-state index in [0.717, 1.165) is 32.1 Å². The minimum absolute atomic E-state index is 0.00184. The number of unbranched alkanes of at least 4 members (excludes halogenated alkanes) is 3. The lowest BCUT2D eigenvalue weighted by Crippen LogP contribution is -2.44. The molecule has 0 aliphatic rings. The van der Waals surface area contributed by atoms with Gasteiger partial charge in [0, 0.05) is 19.9 Å². The summed E-state index contributed by atoms with van der Waals surface area (Å²) < 4.78 is 15.5. The second-order valence-electron chi connectivity index (χ2n) is 7.82. The molecular weight excluding hydrogens is 416 g/mol.